The molecule has 0 aliphatic rings. The van der Waals surface area contributed by atoms with Gasteiger partial charge in [-0.1, -0.05) is 0 Å². The summed E-state index contributed by atoms with van der Waals surface area (Å²) >= 11 is 0. The van der Waals surface area contributed by atoms with Crippen LogP contribution >= 0.6 is 25.5 Å². The minimum atomic E-state index is -5.68. The van der Waals surface area contributed by atoms with Crippen LogP contribution in [-0.4, -0.2) is 0 Å². The third-order valence-corrected chi connectivity index (χ3v) is 1.80. The molecule has 0 aromatic rings. The van der Waals surface area contributed by atoms with Crippen LogP contribution in [0.25, 0.3) is 0 Å². The van der Waals surface area contributed by atoms with Crippen molar-refractivity contribution in [1.82, 2.24) is 0 Å². The van der Waals surface area contributed by atoms with E-state index in [1.807, 2.05) is 0 Å². The Morgan fingerprint density at radius 1 is 0.909 bits per heavy atom. The molecular formula is H3O7P3Zr. The molecule has 0 saturated heterocycles. The van der Waals surface area contributed by atoms with Crippen molar-refractivity contribution in [2.24, 2.45) is 0 Å². The molecule has 0 saturated carbocycles. The van der Waals surface area contributed by atoms with Gasteiger partial charge in [0, 0.05) is 0 Å². The van der Waals surface area contributed by atoms with Crippen molar-refractivity contribution in [1.29, 1.82) is 0 Å². The van der Waals surface area contributed by atoms with E-state index >= 15 is 0 Å². The van der Waals surface area contributed by atoms with E-state index in [9.17, 15) is 28.7 Å². The zero-order chi connectivity index (χ0) is 7.71. The van der Waals surface area contributed by atoms with Gasteiger partial charge in [0.2, 0.25) is 0 Å². The van der Waals surface area contributed by atoms with Gasteiger partial charge < -0.3 is 33.0 Å². The molecule has 0 heterocycles. The maximum absolute atomic E-state index is 9.32. The first-order chi connectivity index (χ1) is 3.71. The fourth-order valence-electron chi connectivity index (χ4n) is 0.122. The summed E-state index contributed by atoms with van der Waals surface area (Å²) in [6.45, 7) is 0. The van der Waals surface area contributed by atoms with E-state index in [2.05, 4.69) is 4.31 Å². The van der Waals surface area contributed by atoms with Gasteiger partial charge in [-0.2, -0.15) is 9.90 Å². The third-order valence-electron chi connectivity index (χ3n) is 0.200. The minimum absolute atomic E-state index is 0. The fourth-order valence-corrected chi connectivity index (χ4v) is 1.10. The molecule has 11 heavy (non-hydrogen) atoms. The predicted molar refractivity (Wildman–Crippen MR) is 27.4 cm³/mol. The Hall–Kier alpha value is 1.57. The molecule has 0 radical (unpaired) electrons. The van der Waals surface area contributed by atoms with E-state index < -0.39 is 15.6 Å². The Bertz CT molecular complexity index is 154. The first kappa shape index (κ1) is 18.4. The molecule has 7 nitrogen and oxygen atoms in total. The summed E-state index contributed by atoms with van der Waals surface area (Å²) in [5.41, 5.74) is 0. The molecule has 0 aromatic carbocycles. The maximum Gasteiger partial charge on any atom is 4.00 e. The van der Waals surface area contributed by atoms with Crippen LogP contribution in [0.3, 0.4) is 0 Å². The molecule has 11 heteroatoms. The van der Waals surface area contributed by atoms with E-state index in [1.165, 1.54) is 0 Å². The summed E-state index contributed by atoms with van der Waals surface area (Å²) in [6, 6.07) is 0. The van der Waals surface area contributed by atoms with Gasteiger partial charge in [0.25, 0.3) is 0 Å². The molecule has 0 aliphatic heterocycles. The van der Waals surface area contributed by atoms with Gasteiger partial charge in [-0.05, 0) is 0 Å². The normalized spacial score (nSPS) is 11.3. The molecule has 0 amide bonds. The van der Waals surface area contributed by atoms with E-state index in [-0.39, 0.29) is 36.1 Å². The number of rotatable bonds is 2. The molecule has 64 valence electrons. The van der Waals surface area contributed by atoms with Crippen LogP contribution < -0.4 is 19.6 Å². The van der Waals surface area contributed by atoms with E-state index in [0.717, 1.165) is 0 Å². The van der Waals surface area contributed by atoms with Crippen molar-refractivity contribution in [3.8, 4) is 0 Å². The van der Waals surface area contributed by atoms with Crippen molar-refractivity contribution >= 4 is 25.5 Å². The van der Waals surface area contributed by atoms with Crippen molar-refractivity contribution in [2.75, 3.05) is 0 Å². The molecular weight excluding hydrogens is 296 g/mol. The summed E-state index contributed by atoms with van der Waals surface area (Å²) in [4.78, 5) is 37.3. The zero-order valence-corrected chi connectivity index (χ0v) is 10.6. The molecule has 1 unspecified atom stereocenters. The second-order valence-electron chi connectivity index (χ2n) is 0.976. The predicted octanol–water partition coefficient (Wildman–Crippen LogP) is -3.28. The van der Waals surface area contributed by atoms with Crippen LogP contribution in [0, 0.1) is 0 Å². The summed E-state index contributed by atoms with van der Waals surface area (Å²) in [5, 5.41) is 0. The number of hydrogen-bond acceptors (Lipinski definition) is 7. The second-order valence-corrected chi connectivity index (χ2v) is 3.42. The number of hydrogen-bond donors (Lipinski definition) is 0. The standard InChI is InChI=1S/H4O7P2.H3P.Zr/c1-8(2,3)7-9(4,5)6;;/h(H2,1,2,3)(H2,4,5,6);1H3;/q;;+4/p-4. The van der Waals surface area contributed by atoms with E-state index in [0.29, 0.717) is 0 Å². The molecule has 0 rings (SSSR count). The van der Waals surface area contributed by atoms with Crippen LogP contribution in [0.15, 0.2) is 0 Å². The second kappa shape index (κ2) is 6.09. The first-order valence-electron chi connectivity index (χ1n) is 1.46. The van der Waals surface area contributed by atoms with Gasteiger partial charge in [0.15, 0.2) is 0 Å². The minimum Gasteiger partial charge on any atom is -0.790 e. The van der Waals surface area contributed by atoms with Crippen LogP contribution in [0.4, 0.5) is 0 Å². The molecule has 0 aliphatic carbocycles. The maximum atomic E-state index is 9.32. The summed E-state index contributed by atoms with van der Waals surface area (Å²) in [6.07, 6.45) is 0. The Kier molecular flexibility index (Phi) is 10.2. The van der Waals surface area contributed by atoms with Gasteiger partial charge in [0.05, 0.1) is 15.6 Å². The van der Waals surface area contributed by atoms with Crippen molar-refractivity contribution < 1.29 is 59.2 Å². The van der Waals surface area contributed by atoms with Crippen molar-refractivity contribution in [3.05, 3.63) is 0 Å². The Morgan fingerprint density at radius 2 is 1.09 bits per heavy atom. The molecule has 0 bridgehead atoms. The Labute approximate surface area is 84.8 Å². The summed E-state index contributed by atoms with van der Waals surface area (Å²) < 4.78 is 21.2. The first-order valence-corrected chi connectivity index (χ1v) is 4.38. The topological polar surface area (TPSA) is 136 Å². The average molecular weight is 299 g/mol. The van der Waals surface area contributed by atoms with Crippen LogP contribution in [0.2, 0.25) is 0 Å². The van der Waals surface area contributed by atoms with Gasteiger partial charge in [-0.25, -0.2) is 0 Å². The quantitative estimate of drug-likeness (QED) is 0.487. The zero-order valence-electron chi connectivity index (χ0n) is 4.96. The largest absolute Gasteiger partial charge is 4.00 e. The smallest absolute Gasteiger partial charge is 0.790 e. The molecule has 0 aromatic heterocycles. The van der Waals surface area contributed by atoms with Crippen molar-refractivity contribution in [2.45, 2.75) is 0 Å². The van der Waals surface area contributed by atoms with Crippen LogP contribution in [-0.2, 0) is 39.6 Å². The molecule has 0 fully saturated rings. The molecule has 0 spiro atoms. The fraction of sp³-hybridized carbons (Fsp3) is 0. The van der Waals surface area contributed by atoms with E-state index in [4.69, 9.17) is 0 Å². The average Bonchev–Trinajstić information content (AvgIpc) is 1.14. The molecule has 1 atom stereocenters. The SMILES string of the molecule is O=P([O-])([O-])OP(=O)([O-])[O-].P.[Zr+4]. The number of phosphoric acid groups is 2. The summed E-state index contributed by atoms with van der Waals surface area (Å²) in [7, 11) is -11.4. The van der Waals surface area contributed by atoms with Crippen molar-refractivity contribution in [3.63, 3.8) is 0 Å². The van der Waals surface area contributed by atoms with Gasteiger partial charge in [0.1, 0.15) is 0 Å². The van der Waals surface area contributed by atoms with Gasteiger partial charge in [-0.15, -0.1) is 0 Å². The Morgan fingerprint density at radius 3 is 1.09 bits per heavy atom. The van der Waals surface area contributed by atoms with Gasteiger partial charge >= 0.3 is 26.2 Å². The summed E-state index contributed by atoms with van der Waals surface area (Å²) in [5.74, 6) is 0. The Balaban J connectivity index is -0.000000320. The molecule has 0 N–H and O–H groups in total. The monoisotopic (exact) mass is 298 g/mol. The van der Waals surface area contributed by atoms with Gasteiger partial charge in [-0.3, -0.25) is 0 Å². The van der Waals surface area contributed by atoms with Crippen LogP contribution in [0.5, 0.6) is 0 Å². The third kappa shape index (κ3) is 18.5. The van der Waals surface area contributed by atoms with E-state index in [1.54, 1.807) is 0 Å². The van der Waals surface area contributed by atoms with Crippen LogP contribution in [0.1, 0.15) is 0 Å².